The summed E-state index contributed by atoms with van der Waals surface area (Å²) < 4.78 is 22.2. The first kappa shape index (κ1) is 25.5. The number of rotatable bonds is 11. The molecule has 0 bridgehead atoms. The summed E-state index contributed by atoms with van der Waals surface area (Å²) in [6.07, 6.45) is 1.73. The molecule has 0 atom stereocenters. The predicted molar refractivity (Wildman–Crippen MR) is 137 cm³/mol. The molecule has 8 heteroatoms. The number of pyridine rings is 1. The maximum Gasteiger partial charge on any atom is 0.258 e. The van der Waals surface area contributed by atoms with Crippen LogP contribution in [0.3, 0.4) is 0 Å². The number of ether oxygens (including phenoxy) is 4. The van der Waals surface area contributed by atoms with Crippen molar-refractivity contribution in [3.05, 3.63) is 83.7 Å². The number of hydrogen-bond acceptors (Lipinski definition) is 7. The van der Waals surface area contributed by atoms with Crippen LogP contribution in [0.5, 0.6) is 17.2 Å². The van der Waals surface area contributed by atoms with Crippen LogP contribution >= 0.6 is 0 Å². The number of hydrogen-bond donors (Lipinski definition) is 0. The van der Waals surface area contributed by atoms with Crippen molar-refractivity contribution >= 4 is 5.91 Å². The number of carbonyl (C=O) groups excluding carboxylic acids is 1. The molecule has 0 aliphatic carbocycles. The van der Waals surface area contributed by atoms with Gasteiger partial charge in [-0.25, -0.2) is 0 Å². The Morgan fingerprint density at radius 3 is 2.58 bits per heavy atom. The van der Waals surface area contributed by atoms with Crippen LogP contribution < -0.4 is 14.2 Å². The highest BCUT2D eigenvalue weighted by molar-refractivity contribution is 5.97. The monoisotopic (exact) mass is 491 g/mol. The Morgan fingerprint density at radius 1 is 0.972 bits per heavy atom. The predicted octanol–water partition coefficient (Wildman–Crippen LogP) is 3.65. The van der Waals surface area contributed by atoms with Gasteiger partial charge in [-0.1, -0.05) is 18.2 Å². The van der Waals surface area contributed by atoms with Crippen LogP contribution in [0.25, 0.3) is 0 Å². The van der Waals surface area contributed by atoms with E-state index in [1.165, 1.54) is 0 Å². The first-order chi connectivity index (χ1) is 17.7. The molecule has 0 N–H and O–H groups in total. The van der Waals surface area contributed by atoms with Gasteiger partial charge in [0.1, 0.15) is 23.9 Å². The Bertz CT molecular complexity index is 1120. The third kappa shape index (κ3) is 6.96. The van der Waals surface area contributed by atoms with E-state index < -0.39 is 0 Å². The molecular formula is C28H33N3O5. The summed E-state index contributed by atoms with van der Waals surface area (Å²) in [7, 11) is 3.13. The summed E-state index contributed by atoms with van der Waals surface area (Å²) in [6.45, 7) is 5.62. The molecule has 0 saturated carbocycles. The molecule has 1 saturated heterocycles. The molecule has 1 amide bonds. The maximum atomic E-state index is 13.7. The number of methoxy groups -OCH3 is 2. The van der Waals surface area contributed by atoms with Crippen LogP contribution in [0.4, 0.5) is 0 Å². The van der Waals surface area contributed by atoms with Crippen molar-refractivity contribution in [3.63, 3.8) is 0 Å². The third-order valence-electron chi connectivity index (χ3n) is 6.06. The number of nitrogens with zero attached hydrogens (tertiary/aromatic N) is 3. The van der Waals surface area contributed by atoms with E-state index in [9.17, 15) is 4.79 Å². The second-order valence-electron chi connectivity index (χ2n) is 8.50. The van der Waals surface area contributed by atoms with E-state index >= 15 is 0 Å². The smallest absolute Gasteiger partial charge is 0.258 e. The van der Waals surface area contributed by atoms with Gasteiger partial charge < -0.3 is 23.8 Å². The molecular weight excluding hydrogens is 458 g/mol. The quantitative estimate of drug-likeness (QED) is 0.405. The van der Waals surface area contributed by atoms with Crippen molar-refractivity contribution in [2.75, 3.05) is 53.7 Å². The van der Waals surface area contributed by atoms with Gasteiger partial charge in [0.05, 0.1) is 45.2 Å². The highest BCUT2D eigenvalue weighted by Crippen LogP contribution is 2.27. The lowest BCUT2D eigenvalue weighted by Gasteiger charge is -2.26. The summed E-state index contributed by atoms with van der Waals surface area (Å²) >= 11 is 0. The molecule has 1 aliphatic rings. The first-order valence-electron chi connectivity index (χ1n) is 12.1. The molecule has 8 nitrogen and oxygen atoms in total. The van der Waals surface area contributed by atoms with Crippen LogP contribution in [0, 0.1) is 0 Å². The highest BCUT2D eigenvalue weighted by atomic mass is 16.5. The van der Waals surface area contributed by atoms with Gasteiger partial charge in [0.2, 0.25) is 0 Å². The van der Waals surface area contributed by atoms with Crippen LogP contribution in [0.2, 0.25) is 0 Å². The van der Waals surface area contributed by atoms with Crippen LogP contribution in [-0.4, -0.2) is 74.4 Å². The molecule has 2 heterocycles. The van der Waals surface area contributed by atoms with Crippen molar-refractivity contribution in [1.82, 2.24) is 14.8 Å². The zero-order valence-electron chi connectivity index (χ0n) is 20.9. The molecule has 0 unspecified atom stereocenters. The molecule has 0 spiro atoms. The van der Waals surface area contributed by atoms with Gasteiger partial charge in [-0.05, 0) is 42.0 Å². The zero-order chi connectivity index (χ0) is 25.2. The van der Waals surface area contributed by atoms with Crippen molar-refractivity contribution in [1.29, 1.82) is 0 Å². The Labute approximate surface area is 212 Å². The van der Waals surface area contributed by atoms with E-state index in [1.54, 1.807) is 43.5 Å². The Hall–Kier alpha value is -3.62. The minimum atomic E-state index is -0.154. The molecule has 4 rings (SSSR count). The molecule has 0 radical (unpaired) electrons. The number of morpholine rings is 1. The van der Waals surface area contributed by atoms with E-state index in [1.807, 2.05) is 42.5 Å². The molecule has 190 valence electrons. The van der Waals surface area contributed by atoms with Crippen LogP contribution in [0.1, 0.15) is 21.6 Å². The van der Waals surface area contributed by atoms with Gasteiger partial charge in [0, 0.05) is 38.4 Å². The van der Waals surface area contributed by atoms with Crippen molar-refractivity contribution in [2.24, 2.45) is 0 Å². The lowest BCUT2D eigenvalue weighted by molar-refractivity contribution is 0.0322. The molecule has 2 aromatic carbocycles. The average Bonchev–Trinajstić information content (AvgIpc) is 2.93. The minimum absolute atomic E-state index is 0.154. The zero-order valence-corrected chi connectivity index (χ0v) is 20.9. The van der Waals surface area contributed by atoms with E-state index in [-0.39, 0.29) is 5.91 Å². The van der Waals surface area contributed by atoms with E-state index in [0.29, 0.717) is 36.8 Å². The SMILES string of the molecule is COc1ccc(C(=O)N(Cc2cccc(OCCN3CCOCC3)c2)Cc2ccccn2)c(OC)c1. The third-order valence-corrected chi connectivity index (χ3v) is 6.06. The fraction of sp³-hybridized carbons (Fsp3) is 0.357. The molecule has 1 fully saturated rings. The van der Waals surface area contributed by atoms with Crippen molar-refractivity contribution < 1.29 is 23.7 Å². The fourth-order valence-corrected chi connectivity index (χ4v) is 4.10. The summed E-state index contributed by atoms with van der Waals surface area (Å²) in [5, 5.41) is 0. The normalized spacial score (nSPS) is 13.7. The van der Waals surface area contributed by atoms with E-state index in [0.717, 1.165) is 49.9 Å². The van der Waals surface area contributed by atoms with Gasteiger partial charge in [-0.2, -0.15) is 0 Å². The summed E-state index contributed by atoms with van der Waals surface area (Å²) in [5.41, 5.74) is 2.24. The topological polar surface area (TPSA) is 73.4 Å². The standard InChI is InChI=1S/C28H33N3O5/c1-33-24-9-10-26(27(19-24)34-2)28(32)31(21-23-7-3-4-11-29-23)20-22-6-5-8-25(18-22)36-17-14-30-12-15-35-16-13-30/h3-11,18-19H,12-17,20-21H2,1-2H3. The highest BCUT2D eigenvalue weighted by Gasteiger charge is 2.22. The van der Waals surface area contributed by atoms with Gasteiger partial charge in [-0.15, -0.1) is 0 Å². The van der Waals surface area contributed by atoms with Gasteiger partial charge in [0.25, 0.3) is 5.91 Å². The number of aromatic nitrogens is 1. The number of amides is 1. The largest absolute Gasteiger partial charge is 0.497 e. The lowest BCUT2D eigenvalue weighted by Crippen LogP contribution is -2.38. The molecule has 36 heavy (non-hydrogen) atoms. The molecule has 3 aromatic rings. The lowest BCUT2D eigenvalue weighted by atomic mass is 10.1. The minimum Gasteiger partial charge on any atom is -0.497 e. The average molecular weight is 492 g/mol. The van der Waals surface area contributed by atoms with E-state index in [4.69, 9.17) is 18.9 Å². The van der Waals surface area contributed by atoms with Gasteiger partial charge in [-0.3, -0.25) is 14.7 Å². The fourth-order valence-electron chi connectivity index (χ4n) is 4.10. The Kier molecular flexibility index (Phi) is 9.13. The summed E-state index contributed by atoms with van der Waals surface area (Å²) in [4.78, 5) is 22.2. The van der Waals surface area contributed by atoms with Gasteiger partial charge in [0.15, 0.2) is 0 Å². The molecule has 1 aliphatic heterocycles. The molecule has 1 aromatic heterocycles. The van der Waals surface area contributed by atoms with Crippen LogP contribution in [-0.2, 0) is 17.8 Å². The van der Waals surface area contributed by atoms with Crippen molar-refractivity contribution in [2.45, 2.75) is 13.1 Å². The van der Waals surface area contributed by atoms with Crippen molar-refractivity contribution in [3.8, 4) is 17.2 Å². The Balaban J connectivity index is 1.49. The van der Waals surface area contributed by atoms with Crippen LogP contribution in [0.15, 0.2) is 66.9 Å². The van der Waals surface area contributed by atoms with Gasteiger partial charge >= 0.3 is 0 Å². The van der Waals surface area contributed by atoms with E-state index in [2.05, 4.69) is 9.88 Å². The second kappa shape index (κ2) is 12.9. The first-order valence-corrected chi connectivity index (χ1v) is 12.1. The number of benzene rings is 2. The summed E-state index contributed by atoms with van der Waals surface area (Å²) in [5.74, 6) is 1.72. The number of carbonyl (C=O) groups is 1. The summed E-state index contributed by atoms with van der Waals surface area (Å²) in [6, 6.07) is 18.8. The second-order valence-corrected chi connectivity index (χ2v) is 8.50. The Morgan fingerprint density at radius 2 is 1.83 bits per heavy atom. The maximum absolute atomic E-state index is 13.7.